The zero-order valence-corrected chi connectivity index (χ0v) is 16.6. The third-order valence-corrected chi connectivity index (χ3v) is 4.58. The van der Waals surface area contributed by atoms with Crippen LogP contribution in [0.25, 0.3) is 0 Å². The van der Waals surface area contributed by atoms with E-state index in [0.717, 1.165) is 4.90 Å². The van der Waals surface area contributed by atoms with Crippen molar-refractivity contribution < 1.29 is 34.2 Å². The number of phenolic OH excluding ortho intramolecular Hbond substituents is 1. The summed E-state index contributed by atoms with van der Waals surface area (Å²) in [5.41, 5.74) is 0.583. The molecule has 29 heavy (non-hydrogen) atoms. The lowest BCUT2D eigenvalue weighted by atomic mass is 10.1. The van der Waals surface area contributed by atoms with E-state index in [4.69, 9.17) is 9.84 Å². The molecule has 0 radical (unpaired) electrons. The summed E-state index contributed by atoms with van der Waals surface area (Å²) in [4.78, 5) is 40.5. The van der Waals surface area contributed by atoms with Gasteiger partial charge < -0.3 is 19.8 Å². The highest BCUT2D eigenvalue weighted by Gasteiger charge is 2.13. The monoisotopic (exact) mass is 417 g/mol. The molecule has 0 fully saturated rings. The van der Waals surface area contributed by atoms with Gasteiger partial charge in [-0.3, -0.25) is 4.79 Å². The van der Waals surface area contributed by atoms with Crippen molar-refractivity contribution in [1.82, 2.24) is 0 Å². The molecule has 2 rings (SSSR count). The lowest BCUT2D eigenvalue weighted by molar-refractivity contribution is -0.140. The molecular formula is C20H19NO7S. The minimum Gasteiger partial charge on any atom is -0.507 e. The number of aliphatic hydroxyl groups is 1. The summed E-state index contributed by atoms with van der Waals surface area (Å²) in [6.45, 7) is 2.23. The fourth-order valence-corrected chi connectivity index (χ4v) is 2.96. The van der Waals surface area contributed by atoms with Gasteiger partial charge in [-0.15, -0.1) is 0 Å². The van der Waals surface area contributed by atoms with Gasteiger partial charge in [0.2, 0.25) is 5.78 Å². The highest BCUT2D eigenvalue weighted by molar-refractivity contribution is 7.99. The van der Waals surface area contributed by atoms with E-state index in [1.165, 1.54) is 37.7 Å². The number of hydrogen-bond donors (Lipinski definition) is 2. The lowest BCUT2D eigenvalue weighted by Gasteiger charge is -2.08. The topological polar surface area (TPSA) is 122 Å². The molecule has 0 amide bonds. The van der Waals surface area contributed by atoms with Crippen LogP contribution in [0.2, 0.25) is 0 Å². The van der Waals surface area contributed by atoms with E-state index in [0.29, 0.717) is 10.5 Å². The van der Waals surface area contributed by atoms with Crippen molar-refractivity contribution in [1.29, 1.82) is 0 Å². The molecule has 0 aliphatic carbocycles. The van der Waals surface area contributed by atoms with E-state index >= 15 is 0 Å². The summed E-state index contributed by atoms with van der Waals surface area (Å²) in [7, 11) is 0. The number of Topliss-reactive ketones (excluding diaryl/α,β-unsaturated/α-hetero) is 1. The number of nitrogens with zero attached hydrogens (tertiary/aromatic N) is 1. The summed E-state index contributed by atoms with van der Waals surface area (Å²) in [5.74, 6) is -1.73. The quantitative estimate of drug-likeness (QED) is 0.221. The van der Waals surface area contributed by atoms with Crippen molar-refractivity contribution in [3.8, 4) is 5.75 Å². The number of hydrogen-bond acceptors (Lipinski definition) is 9. The zero-order valence-electron chi connectivity index (χ0n) is 15.7. The number of carbonyl (C=O) groups is 3. The number of esters is 1. The molecule has 0 saturated heterocycles. The van der Waals surface area contributed by atoms with Crippen molar-refractivity contribution in [2.45, 2.75) is 23.6 Å². The Kier molecular flexibility index (Phi) is 7.93. The summed E-state index contributed by atoms with van der Waals surface area (Å²) in [6.07, 6.45) is 0. The second-order valence-electron chi connectivity index (χ2n) is 5.76. The van der Waals surface area contributed by atoms with E-state index < -0.39 is 11.9 Å². The normalized spacial score (nSPS) is 11.1. The van der Waals surface area contributed by atoms with Gasteiger partial charge >= 0.3 is 11.9 Å². The standard InChI is InChI=1S/C20H19NO7S/c1-12(21-28-13(2)23)19(25)14-3-6-16(7-4-14)29-18-8-5-15(11-17(18)24)20(26)27-10-9-22/h3-8,11,22,24H,9-10H2,1-2H3/b21-12+. The molecule has 8 nitrogen and oxygen atoms in total. The van der Waals surface area contributed by atoms with E-state index in [1.54, 1.807) is 30.3 Å². The molecule has 0 unspecified atom stereocenters. The van der Waals surface area contributed by atoms with Crippen molar-refractivity contribution in [3.05, 3.63) is 53.6 Å². The average Bonchev–Trinajstić information content (AvgIpc) is 2.71. The van der Waals surface area contributed by atoms with Crippen LogP contribution in [0, 0.1) is 0 Å². The Hall–Kier alpha value is -3.17. The average molecular weight is 417 g/mol. The Labute approximate surface area is 171 Å². The van der Waals surface area contributed by atoms with Crippen LogP contribution in [0.15, 0.2) is 57.4 Å². The van der Waals surface area contributed by atoms with E-state index in [2.05, 4.69) is 9.99 Å². The van der Waals surface area contributed by atoms with Gasteiger partial charge in [0.25, 0.3) is 0 Å². The van der Waals surface area contributed by atoms with Gasteiger partial charge in [-0.1, -0.05) is 16.9 Å². The van der Waals surface area contributed by atoms with Crippen LogP contribution in [0.3, 0.4) is 0 Å². The second-order valence-corrected chi connectivity index (χ2v) is 6.87. The van der Waals surface area contributed by atoms with Gasteiger partial charge in [-0.2, -0.15) is 0 Å². The maximum Gasteiger partial charge on any atom is 0.338 e. The molecular weight excluding hydrogens is 398 g/mol. The van der Waals surface area contributed by atoms with Gasteiger partial charge in [-0.05, 0) is 49.4 Å². The Morgan fingerprint density at radius 1 is 1.03 bits per heavy atom. The highest BCUT2D eigenvalue weighted by Crippen LogP contribution is 2.35. The number of benzene rings is 2. The van der Waals surface area contributed by atoms with Crippen LogP contribution >= 0.6 is 11.8 Å². The first-order chi connectivity index (χ1) is 13.8. The Bertz CT molecular complexity index is 938. The Morgan fingerprint density at radius 2 is 1.69 bits per heavy atom. The minimum absolute atomic E-state index is 0.0434. The first-order valence-corrected chi connectivity index (χ1v) is 9.29. The van der Waals surface area contributed by atoms with Gasteiger partial charge in [0, 0.05) is 17.4 Å². The summed E-state index contributed by atoms with van der Waals surface area (Å²) >= 11 is 1.24. The number of rotatable bonds is 8. The zero-order chi connectivity index (χ0) is 21.4. The van der Waals surface area contributed by atoms with Crippen molar-refractivity contribution in [2.75, 3.05) is 13.2 Å². The molecule has 0 saturated carbocycles. The van der Waals surface area contributed by atoms with Gasteiger partial charge in [0.05, 0.1) is 17.1 Å². The molecule has 0 spiro atoms. The first-order valence-electron chi connectivity index (χ1n) is 8.47. The number of carbonyl (C=O) groups excluding carboxylic acids is 3. The first kappa shape index (κ1) is 22.1. The minimum atomic E-state index is -0.639. The van der Waals surface area contributed by atoms with Crippen LogP contribution in [0.5, 0.6) is 5.75 Å². The molecule has 152 valence electrons. The SMILES string of the molecule is CC(=O)O/N=C(\C)C(=O)c1ccc(Sc2ccc(C(=O)OCCO)cc2O)cc1. The van der Waals surface area contributed by atoms with E-state index in [9.17, 15) is 19.5 Å². The molecule has 0 bridgehead atoms. The molecule has 0 aliphatic heterocycles. The smallest absolute Gasteiger partial charge is 0.338 e. The second kappa shape index (κ2) is 10.4. The number of ether oxygens (including phenoxy) is 1. The third kappa shape index (κ3) is 6.44. The molecule has 2 aromatic rings. The summed E-state index contributed by atoms with van der Waals surface area (Å²) in [5, 5.41) is 22.3. The van der Waals surface area contributed by atoms with Crippen LogP contribution in [0.4, 0.5) is 0 Å². The summed E-state index contributed by atoms with van der Waals surface area (Å²) in [6, 6.07) is 10.9. The van der Waals surface area contributed by atoms with Gasteiger partial charge in [0.1, 0.15) is 18.1 Å². The third-order valence-electron chi connectivity index (χ3n) is 3.50. The fourth-order valence-electron chi connectivity index (χ4n) is 2.14. The van der Waals surface area contributed by atoms with Crippen molar-refractivity contribution in [2.24, 2.45) is 5.16 Å². The number of oxime groups is 1. The maximum absolute atomic E-state index is 12.2. The predicted molar refractivity (Wildman–Crippen MR) is 105 cm³/mol. The highest BCUT2D eigenvalue weighted by atomic mass is 32.2. The molecule has 0 heterocycles. The van der Waals surface area contributed by atoms with Crippen LogP contribution in [-0.4, -0.2) is 46.9 Å². The maximum atomic E-state index is 12.2. The van der Waals surface area contributed by atoms with Crippen LogP contribution in [0.1, 0.15) is 34.6 Å². The number of phenols is 1. The molecule has 0 aliphatic rings. The number of aromatic hydroxyl groups is 1. The largest absolute Gasteiger partial charge is 0.507 e. The van der Waals surface area contributed by atoms with Crippen molar-refractivity contribution in [3.63, 3.8) is 0 Å². The summed E-state index contributed by atoms with van der Waals surface area (Å²) < 4.78 is 4.80. The Balaban J connectivity index is 2.08. The molecule has 2 aromatic carbocycles. The van der Waals surface area contributed by atoms with Crippen molar-refractivity contribution >= 4 is 35.2 Å². The molecule has 2 N–H and O–H groups in total. The molecule has 9 heteroatoms. The lowest BCUT2D eigenvalue weighted by Crippen LogP contribution is -2.11. The Morgan fingerprint density at radius 3 is 2.28 bits per heavy atom. The number of ketones is 1. The van der Waals surface area contributed by atoms with Crippen LogP contribution in [-0.2, 0) is 14.4 Å². The van der Waals surface area contributed by atoms with Gasteiger partial charge in [-0.25, -0.2) is 9.59 Å². The van der Waals surface area contributed by atoms with Gasteiger partial charge in [0.15, 0.2) is 0 Å². The van der Waals surface area contributed by atoms with E-state index in [1.807, 2.05) is 0 Å². The predicted octanol–water partition coefficient (Wildman–Crippen LogP) is 2.81. The molecule has 0 atom stereocenters. The van der Waals surface area contributed by atoms with E-state index in [-0.39, 0.29) is 36.0 Å². The molecule has 0 aromatic heterocycles. The fraction of sp³-hybridized carbons (Fsp3) is 0.200. The van der Waals surface area contributed by atoms with Crippen LogP contribution < -0.4 is 0 Å². The number of aliphatic hydroxyl groups excluding tert-OH is 1.